The van der Waals surface area contributed by atoms with Crippen LogP contribution in [0.2, 0.25) is 0 Å². The summed E-state index contributed by atoms with van der Waals surface area (Å²) >= 11 is 0. The van der Waals surface area contributed by atoms with Crippen LogP contribution in [-0.2, 0) is 9.53 Å². The Morgan fingerprint density at radius 1 is 1.06 bits per heavy atom. The van der Waals surface area contributed by atoms with Gasteiger partial charge in [-0.2, -0.15) is 0 Å². The van der Waals surface area contributed by atoms with Gasteiger partial charge in [0.2, 0.25) is 0 Å². The molecule has 1 aliphatic rings. The van der Waals surface area contributed by atoms with Crippen molar-refractivity contribution in [1.29, 1.82) is 0 Å². The molecule has 0 spiro atoms. The number of hydrogen-bond acceptors (Lipinski definition) is 9. The highest BCUT2D eigenvalue weighted by Crippen LogP contribution is 2.31. The SMILES string of the molecule is COc1cc([N+](=O)[O-])ccc1NC(=O)COC(=O)c1cc([N+](=O)[O-])ccc1N1CCC(C)CC1. The van der Waals surface area contributed by atoms with Crippen molar-refractivity contribution in [1.82, 2.24) is 0 Å². The summed E-state index contributed by atoms with van der Waals surface area (Å²) in [6, 6.07) is 7.64. The molecule has 1 amide bonds. The van der Waals surface area contributed by atoms with Gasteiger partial charge >= 0.3 is 5.97 Å². The number of anilines is 2. The lowest BCUT2D eigenvalue weighted by Crippen LogP contribution is -2.34. The normalized spacial score (nSPS) is 13.8. The van der Waals surface area contributed by atoms with E-state index < -0.39 is 28.3 Å². The van der Waals surface area contributed by atoms with Gasteiger partial charge in [-0.3, -0.25) is 25.0 Å². The van der Waals surface area contributed by atoms with E-state index in [2.05, 4.69) is 12.2 Å². The maximum Gasteiger partial charge on any atom is 0.341 e. The number of benzene rings is 2. The van der Waals surface area contributed by atoms with Crippen LogP contribution in [0.5, 0.6) is 5.75 Å². The lowest BCUT2D eigenvalue weighted by atomic mass is 9.98. The molecule has 0 unspecified atom stereocenters. The Morgan fingerprint density at radius 3 is 2.29 bits per heavy atom. The number of methoxy groups -OCH3 is 1. The molecule has 1 N–H and O–H groups in total. The summed E-state index contributed by atoms with van der Waals surface area (Å²) in [4.78, 5) is 48.0. The molecule has 0 saturated carbocycles. The number of ether oxygens (including phenoxy) is 2. The monoisotopic (exact) mass is 472 g/mol. The van der Waals surface area contributed by atoms with Crippen molar-refractivity contribution in [2.45, 2.75) is 19.8 Å². The van der Waals surface area contributed by atoms with Crippen molar-refractivity contribution in [2.75, 3.05) is 37.0 Å². The molecule has 1 aliphatic heterocycles. The van der Waals surface area contributed by atoms with Gasteiger partial charge in [-0.25, -0.2) is 4.79 Å². The standard InChI is InChI=1S/C22H24N4O8/c1-14-7-9-24(10-8-14)19-6-4-15(25(29)30)11-17(19)22(28)34-13-21(27)23-18-5-3-16(26(31)32)12-20(18)33-2/h3-6,11-12,14H,7-10,13H2,1-2H3,(H,23,27). The summed E-state index contributed by atoms with van der Waals surface area (Å²) < 4.78 is 10.2. The second-order valence-electron chi connectivity index (χ2n) is 7.89. The van der Waals surface area contributed by atoms with Gasteiger partial charge in [0, 0.05) is 31.3 Å². The van der Waals surface area contributed by atoms with Crippen molar-refractivity contribution in [3.8, 4) is 5.75 Å². The van der Waals surface area contributed by atoms with Gasteiger partial charge in [-0.05, 0) is 30.9 Å². The van der Waals surface area contributed by atoms with Gasteiger partial charge in [0.15, 0.2) is 6.61 Å². The highest BCUT2D eigenvalue weighted by Gasteiger charge is 2.25. The van der Waals surface area contributed by atoms with E-state index in [1.807, 2.05) is 4.90 Å². The first-order valence-corrected chi connectivity index (χ1v) is 10.5. The Bertz CT molecular complexity index is 1110. The number of nitro groups is 2. The Kier molecular flexibility index (Phi) is 7.61. The van der Waals surface area contributed by atoms with E-state index in [1.54, 1.807) is 0 Å². The summed E-state index contributed by atoms with van der Waals surface area (Å²) in [5, 5.41) is 24.6. The third-order valence-electron chi connectivity index (χ3n) is 5.54. The first kappa shape index (κ1) is 24.4. The molecular formula is C22H24N4O8. The van der Waals surface area contributed by atoms with Crippen LogP contribution < -0.4 is 15.0 Å². The second kappa shape index (κ2) is 10.6. The zero-order chi connectivity index (χ0) is 24.8. The van der Waals surface area contributed by atoms with Crippen molar-refractivity contribution in [3.63, 3.8) is 0 Å². The molecule has 0 aromatic heterocycles. The number of esters is 1. The maximum absolute atomic E-state index is 12.8. The number of nitrogens with zero attached hydrogens (tertiary/aromatic N) is 3. The van der Waals surface area contributed by atoms with Crippen molar-refractivity contribution < 1.29 is 28.9 Å². The van der Waals surface area contributed by atoms with Gasteiger partial charge in [0.05, 0.1) is 40.0 Å². The van der Waals surface area contributed by atoms with Gasteiger partial charge in [-0.15, -0.1) is 0 Å². The molecule has 0 atom stereocenters. The van der Waals surface area contributed by atoms with E-state index in [9.17, 15) is 29.8 Å². The third-order valence-corrected chi connectivity index (χ3v) is 5.54. The van der Waals surface area contributed by atoms with Crippen LogP contribution in [0.15, 0.2) is 36.4 Å². The number of nitrogens with one attached hydrogen (secondary N) is 1. The van der Waals surface area contributed by atoms with Gasteiger partial charge < -0.3 is 19.7 Å². The summed E-state index contributed by atoms with van der Waals surface area (Å²) in [6.45, 7) is 2.86. The minimum atomic E-state index is -0.872. The fourth-order valence-corrected chi connectivity index (χ4v) is 3.62. The minimum absolute atomic E-state index is 0.00414. The predicted molar refractivity (Wildman–Crippen MR) is 122 cm³/mol. The average molecular weight is 472 g/mol. The first-order valence-electron chi connectivity index (χ1n) is 10.5. The van der Waals surface area contributed by atoms with Crippen LogP contribution >= 0.6 is 0 Å². The molecule has 0 bridgehead atoms. The lowest BCUT2D eigenvalue weighted by Gasteiger charge is -2.33. The van der Waals surface area contributed by atoms with Gasteiger partial charge in [0.1, 0.15) is 5.75 Å². The molecule has 1 heterocycles. The Hall–Kier alpha value is -4.22. The van der Waals surface area contributed by atoms with E-state index in [0.29, 0.717) is 24.7 Å². The Morgan fingerprint density at radius 2 is 1.68 bits per heavy atom. The van der Waals surface area contributed by atoms with Gasteiger partial charge in [0.25, 0.3) is 17.3 Å². The highest BCUT2D eigenvalue weighted by atomic mass is 16.6. The number of piperidine rings is 1. The third kappa shape index (κ3) is 5.77. The summed E-state index contributed by atoms with van der Waals surface area (Å²) in [7, 11) is 1.29. The van der Waals surface area contributed by atoms with E-state index in [-0.39, 0.29) is 28.4 Å². The molecule has 12 heteroatoms. The number of rotatable bonds is 8. The average Bonchev–Trinajstić information content (AvgIpc) is 2.82. The van der Waals surface area contributed by atoms with Crippen LogP contribution in [0.25, 0.3) is 0 Å². The van der Waals surface area contributed by atoms with Gasteiger partial charge in [-0.1, -0.05) is 6.92 Å². The number of carbonyl (C=O) groups is 2. The number of non-ortho nitro benzene ring substituents is 2. The molecule has 2 aromatic carbocycles. The fourth-order valence-electron chi connectivity index (χ4n) is 3.62. The number of carbonyl (C=O) groups excluding carboxylic acids is 2. The summed E-state index contributed by atoms with van der Waals surface area (Å²) in [6.07, 6.45) is 1.84. The molecule has 2 aromatic rings. The Labute approximate surface area is 194 Å². The number of amides is 1. The first-order chi connectivity index (χ1) is 16.2. The summed E-state index contributed by atoms with van der Waals surface area (Å²) in [5.41, 5.74) is 0.199. The largest absolute Gasteiger partial charge is 0.494 e. The van der Waals surface area contributed by atoms with Crippen LogP contribution in [0, 0.1) is 26.1 Å². The second-order valence-corrected chi connectivity index (χ2v) is 7.89. The number of nitro benzene ring substituents is 2. The van der Waals surface area contributed by atoms with Crippen LogP contribution in [0.1, 0.15) is 30.1 Å². The minimum Gasteiger partial charge on any atom is -0.494 e. The van der Waals surface area contributed by atoms with Crippen molar-refractivity contribution >= 4 is 34.6 Å². The zero-order valence-electron chi connectivity index (χ0n) is 18.7. The predicted octanol–water partition coefficient (Wildman–Crippen LogP) is 3.54. The zero-order valence-corrected chi connectivity index (χ0v) is 18.7. The molecule has 1 saturated heterocycles. The van der Waals surface area contributed by atoms with E-state index in [1.165, 1.54) is 31.4 Å². The van der Waals surface area contributed by atoms with Crippen molar-refractivity contribution in [2.24, 2.45) is 5.92 Å². The van der Waals surface area contributed by atoms with E-state index in [4.69, 9.17) is 9.47 Å². The van der Waals surface area contributed by atoms with E-state index >= 15 is 0 Å². The quantitative estimate of drug-likeness (QED) is 0.345. The van der Waals surface area contributed by atoms with Crippen molar-refractivity contribution in [3.05, 3.63) is 62.2 Å². The molecule has 180 valence electrons. The maximum atomic E-state index is 12.8. The summed E-state index contributed by atoms with van der Waals surface area (Å²) in [5.74, 6) is -0.971. The molecule has 3 rings (SSSR count). The molecule has 34 heavy (non-hydrogen) atoms. The molecule has 1 fully saturated rings. The van der Waals surface area contributed by atoms with Crippen LogP contribution in [-0.4, -0.2) is 48.5 Å². The van der Waals surface area contributed by atoms with Crippen LogP contribution in [0.4, 0.5) is 22.7 Å². The fraction of sp³-hybridized carbons (Fsp3) is 0.364. The highest BCUT2D eigenvalue weighted by molar-refractivity contribution is 5.99. The molecular weight excluding hydrogens is 448 g/mol. The molecule has 0 aliphatic carbocycles. The molecule has 0 radical (unpaired) electrons. The molecule has 12 nitrogen and oxygen atoms in total. The number of hydrogen-bond donors (Lipinski definition) is 1. The van der Waals surface area contributed by atoms with Crippen LogP contribution in [0.3, 0.4) is 0 Å². The smallest absolute Gasteiger partial charge is 0.341 e. The Balaban J connectivity index is 1.72. The lowest BCUT2D eigenvalue weighted by molar-refractivity contribution is -0.385. The topological polar surface area (TPSA) is 154 Å². The van der Waals surface area contributed by atoms with E-state index in [0.717, 1.165) is 25.0 Å².